The SMILES string of the molecule is CC(CCN)c1cc(F)ccc1N1CCCC1. The Morgan fingerprint density at radius 3 is 2.71 bits per heavy atom. The lowest BCUT2D eigenvalue weighted by Crippen LogP contribution is -2.20. The molecule has 1 atom stereocenters. The van der Waals surface area contributed by atoms with Crippen LogP contribution >= 0.6 is 0 Å². The second kappa shape index (κ2) is 5.50. The molecule has 1 aromatic rings. The number of rotatable bonds is 4. The Morgan fingerprint density at radius 2 is 2.06 bits per heavy atom. The molecule has 0 aromatic heterocycles. The lowest BCUT2D eigenvalue weighted by atomic mass is 9.95. The first-order chi connectivity index (χ1) is 8.22. The zero-order valence-electron chi connectivity index (χ0n) is 10.5. The summed E-state index contributed by atoms with van der Waals surface area (Å²) in [6.07, 6.45) is 3.38. The second-order valence-electron chi connectivity index (χ2n) is 4.88. The Bertz CT molecular complexity index is 372. The highest BCUT2D eigenvalue weighted by molar-refractivity contribution is 5.55. The van der Waals surface area contributed by atoms with Crippen molar-refractivity contribution < 1.29 is 4.39 Å². The zero-order valence-corrected chi connectivity index (χ0v) is 10.5. The van der Waals surface area contributed by atoms with Gasteiger partial charge in [0.2, 0.25) is 0 Å². The van der Waals surface area contributed by atoms with Crippen molar-refractivity contribution in [3.8, 4) is 0 Å². The molecular weight excluding hydrogens is 215 g/mol. The molecule has 0 radical (unpaired) electrons. The largest absolute Gasteiger partial charge is 0.371 e. The fourth-order valence-electron chi connectivity index (χ4n) is 2.57. The van der Waals surface area contributed by atoms with Gasteiger partial charge in [0.1, 0.15) is 5.82 Å². The summed E-state index contributed by atoms with van der Waals surface area (Å²) >= 11 is 0. The topological polar surface area (TPSA) is 29.3 Å². The van der Waals surface area contributed by atoms with Crippen LogP contribution in [0.25, 0.3) is 0 Å². The van der Waals surface area contributed by atoms with Crippen molar-refractivity contribution in [3.05, 3.63) is 29.6 Å². The van der Waals surface area contributed by atoms with Crippen LogP contribution in [0, 0.1) is 5.82 Å². The van der Waals surface area contributed by atoms with E-state index < -0.39 is 0 Å². The van der Waals surface area contributed by atoms with Crippen molar-refractivity contribution >= 4 is 5.69 Å². The fourth-order valence-corrected chi connectivity index (χ4v) is 2.57. The Hall–Kier alpha value is -1.09. The van der Waals surface area contributed by atoms with E-state index >= 15 is 0 Å². The van der Waals surface area contributed by atoms with E-state index in [2.05, 4.69) is 11.8 Å². The van der Waals surface area contributed by atoms with Gasteiger partial charge in [0.15, 0.2) is 0 Å². The minimum Gasteiger partial charge on any atom is -0.371 e. The molecule has 1 fully saturated rings. The molecule has 1 saturated heterocycles. The Labute approximate surface area is 103 Å². The van der Waals surface area contributed by atoms with Crippen LogP contribution in [0.15, 0.2) is 18.2 Å². The van der Waals surface area contributed by atoms with Crippen LogP contribution < -0.4 is 10.6 Å². The normalized spacial score (nSPS) is 17.5. The predicted molar refractivity (Wildman–Crippen MR) is 69.9 cm³/mol. The minimum absolute atomic E-state index is 0.146. The number of halogens is 1. The van der Waals surface area contributed by atoms with E-state index in [1.54, 1.807) is 12.1 Å². The van der Waals surface area contributed by atoms with Gasteiger partial charge in [0.25, 0.3) is 0 Å². The van der Waals surface area contributed by atoms with E-state index in [0.29, 0.717) is 12.5 Å². The number of benzene rings is 1. The standard InChI is InChI=1S/C14H21FN2/c1-11(6-7-16)13-10-12(15)4-5-14(13)17-8-2-3-9-17/h4-5,10-11H,2-3,6-9,16H2,1H3. The molecular formula is C14H21FN2. The molecule has 0 bridgehead atoms. The lowest BCUT2D eigenvalue weighted by molar-refractivity contribution is 0.616. The molecule has 2 rings (SSSR count). The highest BCUT2D eigenvalue weighted by Gasteiger charge is 2.18. The Balaban J connectivity index is 2.29. The van der Waals surface area contributed by atoms with Gasteiger partial charge in [-0.1, -0.05) is 6.92 Å². The molecule has 0 saturated carbocycles. The van der Waals surface area contributed by atoms with Crippen LogP contribution in [-0.4, -0.2) is 19.6 Å². The number of hydrogen-bond acceptors (Lipinski definition) is 2. The average molecular weight is 236 g/mol. The van der Waals surface area contributed by atoms with Gasteiger partial charge in [-0.25, -0.2) is 4.39 Å². The molecule has 2 nitrogen and oxygen atoms in total. The van der Waals surface area contributed by atoms with Gasteiger partial charge >= 0.3 is 0 Å². The van der Waals surface area contributed by atoms with Crippen molar-refractivity contribution in [2.75, 3.05) is 24.5 Å². The molecule has 2 N–H and O–H groups in total. The molecule has 1 aromatic carbocycles. The first-order valence-corrected chi connectivity index (χ1v) is 6.47. The number of anilines is 1. The third-order valence-electron chi connectivity index (χ3n) is 3.57. The lowest BCUT2D eigenvalue weighted by Gasteiger charge is -2.24. The van der Waals surface area contributed by atoms with Gasteiger partial charge in [-0.2, -0.15) is 0 Å². The third kappa shape index (κ3) is 2.78. The highest BCUT2D eigenvalue weighted by Crippen LogP contribution is 2.32. The quantitative estimate of drug-likeness (QED) is 0.871. The highest BCUT2D eigenvalue weighted by atomic mass is 19.1. The number of nitrogens with zero attached hydrogens (tertiary/aromatic N) is 1. The smallest absolute Gasteiger partial charge is 0.123 e. The van der Waals surface area contributed by atoms with Crippen LogP contribution in [0.2, 0.25) is 0 Å². The molecule has 1 aliphatic rings. The van der Waals surface area contributed by atoms with E-state index in [0.717, 1.165) is 25.1 Å². The van der Waals surface area contributed by atoms with Crippen LogP contribution in [-0.2, 0) is 0 Å². The summed E-state index contributed by atoms with van der Waals surface area (Å²) in [5.74, 6) is 0.179. The molecule has 0 amide bonds. The minimum atomic E-state index is -0.146. The Kier molecular flexibility index (Phi) is 4.00. The maximum atomic E-state index is 13.4. The molecule has 94 valence electrons. The van der Waals surface area contributed by atoms with Crippen LogP contribution in [0.1, 0.15) is 37.7 Å². The average Bonchev–Trinajstić information content (AvgIpc) is 2.82. The van der Waals surface area contributed by atoms with Crippen molar-refractivity contribution in [2.24, 2.45) is 5.73 Å². The summed E-state index contributed by atoms with van der Waals surface area (Å²) in [6, 6.07) is 5.16. The van der Waals surface area contributed by atoms with E-state index in [4.69, 9.17) is 5.73 Å². The van der Waals surface area contributed by atoms with E-state index in [1.807, 2.05) is 6.07 Å². The van der Waals surface area contributed by atoms with Gasteiger partial charge in [-0.3, -0.25) is 0 Å². The summed E-state index contributed by atoms with van der Waals surface area (Å²) in [7, 11) is 0. The molecule has 0 aliphatic carbocycles. The maximum absolute atomic E-state index is 13.4. The summed E-state index contributed by atoms with van der Waals surface area (Å²) < 4.78 is 13.4. The maximum Gasteiger partial charge on any atom is 0.123 e. The summed E-state index contributed by atoms with van der Waals surface area (Å²) in [6.45, 7) is 4.96. The molecule has 1 heterocycles. The van der Waals surface area contributed by atoms with Crippen LogP contribution in [0.3, 0.4) is 0 Å². The van der Waals surface area contributed by atoms with Gasteiger partial charge in [0, 0.05) is 18.8 Å². The first-order valence-electron chi connectivity index (χ1n) is 6.47. The van der Waals surface area contributed by atoms with E-state index in [-0.39, 0.29) is 5.82 Å². The molecule has 1 aliphatic heterocycles. The van der Waals surface area contributed by atoms with Gasteiger partial charge in [0.05, 0.1) is 0 Å². The van der Waals surface area contributed by atoms with Crippen molar-refractivity contribution in [1.29, 1.82) is 0 Å². The fraction of sp³-hybridized carbons (Fsp3) is 0.571. The summed E-state index contributed by atoms with van der Waals surface area (Å²) in [5, 5.41) is 0. The summed E-state index contributed by atoms with van der Waals surface area (Å²) in [4.78, 5) is 2.36. The monoisotopic (exact) mass is 236 g/mol. The number of hydrogen-bond donors (Lipinski definition) is 1. The molecule has 3 heteroatoms. The molecule has 17 heavy (non-hydrogen) atoms. The predicted octanol–water partition coefficient (Wildman–Crippen LogP) is 2.88. The van der Waals surface area contributed by atoms with Crippen molar-refractivity contribution in [3.63, 3.8) is 0 Å². The van der Waals surface area contributed by atoms with Crippen LogP contribution in [0.5, 0.6) is 0 Å². The molecule has 0 spiro atoms. The third-order valence-corrected chi connectivity index (χ3v) is 3.57. The van der Waals surface area contributed by atoms with Crippen LogP contribution in [0.4, 0.5) is 10.1 Å². The zero-order chi connectivity index (χ0) is 12.3. The Morgan fingerprint density at radius 1 is 1.35 bits per heavy atom. The van der Waals surface area contributed by atoms with E-state index in [1.165, 1.54) is 18.5 Å². The van der Waals surface area contributed by atoms with Gasteiger partial charge in [-0.15, -0.1) is 0 Å². The second-order valence-corrected chi connectivity index (χ2v) is 4.88. The van der Waals surface area contributed by atoms with E-state index in [9.17, 15) is 4.39 Å². The first kappa shape index (κ1) is 12.4. The number of nitrogens with two attached hydrogens (primary N) is 1. The summed E-state index contributed by atoms with van der Waals surface area (Å²) in [5.41, 5.74) is 7.91. The van der Waals surface area contributed by atoms with Gasteiger partial charge < -0.3 is 10.6 Å². The van der Waals surface area contributed by atoms with Crippen molar-refractivity contribution in [1.82, 2.24) is 0 Å². The van der Waals surface area contributed by atoms with Gasteiger partial charge in [-0.05, 0) is 55.5 Å². The molecule has 1 unspecified atom stereocenters. The van der Waals surface area contributed by atoms with Crippen molar-refractivity contribution in [2.45, 2.75) is 32.1 Å².